The van der Waals surface area contributed by atoms with Crippen LogP contribution in [0, 0.1) is 13.8 Å². The van der Waals surface area contributed by atoms with Gasteiger partial charge in [-0.2, -0.15) is 0 Å². The highest BCUT2D eigenvalue weighted by molar-refractivity contribution is 7.09. The number of aryl methyl sites for hydroxylation is 2. The highest BCUT2D eigenvalue weighted by atomic mass is 35.5. The lowest BCUT2D eigenvalue weighted by Crippen LogP contribution is -2.23. The average molecular weight is 518 g/mol. The number of halogens is 1. The summed E-state index contributed by atoms with van der Waals surface area (Å²) in [4.78, 5) is 13.1. The third-order valence-corrected chi connectivity index (χ3v) is 7.50. The van der Waals surface area contributed by atoms with Crippen molar-refractivity contribution < 1.29 is 9.47 Å². The van der Waals surface area contributed by atoms with Crippen molar-refractivity contribution in [3.63, 3.8) is 0 Å². The lowest BCUT2D eigenvalue weighted by Gasteiger charge is -2.24. The van der Waals surface area contributed by atoms with Crippen LogP contribution in [0.15, 0.2) is 60.0 Å². The SMILES string of the molecule is COc1ccc2nc(Cl)c(CN(Cc3cccs3)Cc3cc4c(C)cc(C)cc4nc3OC)cc2c1. The van der Waals surface area contributed by atoms with Gasteiger partial charge in [-0.25, -0.2) is 9.97 Å². The molecule has 0 saturated heterocycles. The summed E-state index contributed by atoms with van der Waals surface area (Å²) < 4.78 is 11.1. The summed E-state index contributed by atoms with van der Waals surface area (Å²) in [5.74, 6) is 1.45. The van der Waals surface area contributed by atoms with Crippen LogP contribution >= 0.6 is 22.9 Å². The number of hydrogen-bond acceptors (Lipinski definition) is 6. The van der Waals surface area contributed by atoms with E-state index in [1.54, 1.807) is 25.6 Å². The lowest BCUT2D eigenvalue weighted by molar-refractivity contribution is 0.245. The maximum atomic E-state index is 6.67. The summed E-state index contributed by atoms with van der Waals surface area (Å²) in [5, 5.41) is 4.76. The first-order valence-corrected chi connectivity index (χ1v) is 13.0. The van der Waals surface area contributed by atoms with Crippen LogP contribution < -0.4 is 9.47 Å². The highest BCUT2D eigenvalue weighted by Crippen LogP contribution is 2.30. The first-order valence-electron chi connectivity index (χ1n) is 11.8. The number of aromatic nitrogens is 2. The van der Waals surface area contributed by atoms with Crippen LogP contribution in [-0.2, 0) is 19.6 Å². The molecule has 5 rings (SSSR count). The molecule has 0 radical (unpaired) electrons. The second-order valence-corrected chi connectivity index (χ2v) is 10.4. The molecule has 5 nitrogen and oxygen atoms in total. The molecule has 0 aliphatic heterocycles. The molecule has 0 aliphatic carbocycles. The van der Waals surface area contributed by atoms with Gasteiger partial charge in [-0.3, -0.25) is 4.90 Å². The van der Waals surface area contributed by atoms with Crippen LogP contribution in [0.5, 0.6) is 11.6 Å². The molecule has 0 atom stereocenters. The Labute approximate surface area is 220 Å². The van der Waals surface area contributed by atoms with Crippen LogP contribution in [0.2, 0.25) is 5.15 Å². The Morgan fingerprint density at radius 3 is 2.44 bits per heavy atom. The summed E-state index contributed by atoms with van der Waals surface area (Å²) in [5.41, 5.74) is 6.21. The maximum absolute atomic E-state index is 6.67. The number of ether oxygens (including phenoxy) is 2. The predicted octanol–water partition coefficient (Wildman–Crippen LogP) is 7.33. The van der Waals surface area contributed by atoms with Gasteiger partial charge in [-0.05, 0) is 72.8 Å². The largest absolute Gasteiger partial charge is 0.497 e. The van der Waals surface area contributed by atoms with Crippen molar-refractivity contribution in [2.24, 2.45) is 0 Å². The Kier molecular flexibility index (Phi) is 7.10. The number of benzene rings is 2. The summed E-state index contributed by atoms with van der Waals surface area (Å²) >= 11 is 8.42. The van der Waals surface area contributed by atoms with Crippen molar-refractivity contribution in [3.8, 4) is 11.6 Å². The van der Waals surface area contributed by atoms with E-state index in [9.17, 15) is 0 Å². The topological polar surface area (TPSA) is 47.5 Å². The van der Waals surface area contributed by atoms with Crippen LogP contribution in [0.4, 0.5) is 0 Å². The molecule has 0 saturated carbocycles. The van der Waals surface area contributed by atoms with E-state index in [0.717, 1.165) is 45.2 Å². The molecule has 3 heterocycles. The molecule has 36 heavy (non-hydrogen) atoms. The Hall–Kier alpha value is -3.19. The molecule has 0 fully saturated rings. The summed E-state index contributed by atoms with van der Waals surface area (Å²) in [6.07, 6.45) is 0. The quantitative estimate of drug-likeness (QED) is 0.202. The van der Waals surface area contributed by atoms with E-state index in [0.29, 0.717) is 24.1 Å². The van der Waals surface area contributed by atoms with Crippen LogP contribution in [-0.4, -0.2) is 29.1 Å². The molecule has 3 aromatic heterocycles. The molecule has 0 amide bonds. The molecule has 0 unspecified atom stereocenters. The Morgan fingerprint density at radius 2 is 1.69 bits per heavy atom. The number of thiophene rings is 1. The minimum absolute atomic E-state index is 0.513. The predicted molar refractivity (Wildman–Crippen MR) is 148 cm³/mol. The number of hydrogen-bond donors (Lipinski definition) is 0. The fourth-order valence-electron chi connectivity index (χ4n) is 4.63. The number of pyridine rings is 2. The third kappa shape index (κ3) is 5.16. The summed E-state index contributed by atoms with van der Waals surface area (Å²) in [6.45, 7) is 6.28. The molecule has 0 spiro atoms. The van der Waals surface area contributed by atoms with E-state index >= 15 is 0 Å². The number of rotatable bonds is 8. The van der Waals surface area contributed by atoms with Crippen molar-refractivity contribution in [1.82, 2.24) is 14.9 Å². The number of nitrogens with zero attached hydrogens (tertiary/aromatic N) is 3. The molecule has 5 aromatic rings. The van der Waals surface area contributed by atoms with Crippen molar-refractivity contribution in [2.75, 3.05) is 14.2 Å². The minimum Gasteiger partial charge on any atom is -0.497 e. The average Bonchev–Trinajstić information content (AvgIpc) is 3.37. The van der Waals surface area contributed by atoms with Gasteiger partial charge in [0.25, 0.3) is 0 Å². The second kappa shape index (κ2) is 10.4. The Morgan fingerprint density at radius 1 is 0.861 bits per heavy atom. The Bertz CT molecular complexity index is 1540. The standard InChI is InChI=1S/C29H28ClN3O2S/c1-18-10-19(2)25-14-22(29(35-4)32-27(25)11-18)16-33(17-24-6-5-9-36-24)15-21-12-20-13-23(34-3)7-8-26(20)31-28(21)30/h5-14H,15-17H2,1-4H3. The Balaban J connectivity index is 1.53. The van der Waals surface area contributed by atoms with Crippen molar-refractivity contribution in [2.45, 2.75) is 33.5 Å². The van der Waals surface area contributed by atoms with Crippen molar-refractivity contribution in [3.05, 3.63) is 92.3 Å². The summed E-state index contributed by atoms with van der Waals surface area (Å²) in [7, 11) is 3.35. The normalized spacial score (nSPS) is 11.5. The van der Waals surface area contributed by atoms with E-state index in [2.05, 4.69) is 65.5 Å². The number of fused-ring (bicyclic) bond motifs is 2. The van der Waals surface area contributed by atoms with Gasteiger partial charge in [-0.1, -0.05) is 23.7 Å². The maximum Gasteiger partial charge on any atom is 0.218 e. The zero-order valence-electron chi connectivity index (χ0n) is 20.8. The molecular formula is C29H28ClN3O2S. The van der Waals surface area contributed by atoms with Gasteiger partial charge in [0, 0.05) is 46.4 Å². The van der Waals surface area contributed by atoms with Gasteiger partial charge >= 0.3 is 0 Å². The zero-order chi connectivity index (χ0) is 25.2. The van der Waals surface area contributed by atoms with E-state index in [1.165, 1.54) is 16.0 Å². The van der Waals surface area contributed by atoms with E-state index < -0.39 is 0 Å². The zero-order valence-corrected chi connectivity index (χ0v) is 22.4. The first kappa shape index (κ1) is 24.5. The number of methoxy groups -OCH3 is 2. The van der Waals surface area contributed by atoms with Crippen molar-refractivity contribution >= 4 is 44.7 Å². The van der Waals surface area contributed by atoms with Gasteiger partial charge in [0.2, 0.25) is 5.88 Å². The van der Waals surface area contributed by atoms with Gasteiger partial charge in [0.1, 0.15) is 10.9 Å². The van der Waals surface area contributed by atoms with Gasteiger partial charge in [-0.15, -0.1) is 11.3 Å². The summed E-state index contributed by atoms with van der Waals surface area (Å²) in [6, 6.07) is 18.7. The van der Waals surface area contributed by atoms with Crippen LogP contribution in [0.25, 0.3) is 21.8 Å². The monoisotopic (exact) mass is 517 g/mol. The molecule has 184 valence electrons. The third-order valence-electron chi connectivity index (χ3n) is 6.31. The van der Waals surface area contributed by atoms with Gasteiger partial charge in [0.05, 0.1) is 25.3 Å². The molecular weight excluding hydrogens is 490 g/mol. The molecule has 0 bridgehead atoms. The van der Waals surface area contributed by atoms with Crippen LogP contribution in [0.1, 0.15) is 27.1 Å². The smallest absolute Gasteiger partial charge is 0.218 e. The molecule has 0 aliphatic rings. The van der Waals surface area contributed by atoms with Gasteiger partial charge in [0.15, 0.2) is 0 Å². The molecule has 2 aromatic carbocycles. The second-order valence-electron chi connectivity index (χ2n) is 9.03. The first-order chi connectivity index (χ1) is 17.4. The van der Waals surface area contributed by atoms with E-state index in [-0.39, 0.29) is 0 Å². The van der Waals surface area contributed by atoms with E-state index in [4.69, 9.17) is 26.1 Å². The fraction of sp³-hybridized carbons (Fsp3) is 0.241. The van der Waals surface area contributed by atoms with Gasteiger partial charge < -0.3 is 9.47 Å². The van der Waals surface area contributed by atoms with Crippen LogP contribution in [0.3, 0.4) is 0 Å². The molecule has 7 heteroatoms. The van der Waals surface area contributed by atoms with Crippen molar-refractivity contribution in [1.29, 1.82) is 0 Å². The molecule has 0 N–H and O–H groups in total. The lowest BCUT2D eigenvalue weighted by atomic mass is 10.0. The minimum atomic E-state index is 0.513. The fourth-order valence-corrected chi connectivity index (χ4v) is 5.58. The highest BCUT2D eigenvalue weighted by Gasteiger charge is 2.17. The van der Waals surface area contributed by atoms with E-state index in [1.807, 2.05) is 18.2 Å².